The molecule has 54 heavy (non-hydrogen) atoms. The first kappa shape index (κ1) is 51.9. The van der Waals surface area contributed by atoms with E-state index in [1.807, 2.05) is 0 Å². The van der Waals surface area contributed by atoms with Crippen LogP contribution in [0.25, 0.3) is 0 Å². The summed E-state index contributed by atoms with van der Waals surface area (Å²) in [6.45, 7) is 4.09. The monoisotopic (exact) mass is 757 g/mol. The van der Waals surface area contributed by atoms with E-state index in [0.717, 1.165) is 57.8 Å². The summed E-state index contributed by atoms with van der Waals surface area (Å²) in [5.41, 5.74) is 0. The van der Waals surface area contributed by atoms with Gasteiger partial charge in [0.05, 0.1) is 6.61 Å². The fourth-order valence-electron chi connectivity index (χ4n) is 6.55. The van der Waals surface area contributed by atoms with Crippen LogP contribution in [-0.2, 0) is 19.1 Å². The third kappa shape index (κ3) is 42.6. The topological polar surface area (TPSA) is 72.8 Å². The van der Waals surface area contributed by atoms with Crippen molar-refractivity contribution in [1.29, 1.82) is 0 Å². The Balaban J connectivity index is 3.57. The van der Waals surface area contributed by atoms with E-state index in [1.165, 1.54) is 148 Å². The van der Waals surface area contributed by atoms with Crippen LogP contribution in [0.1, 0.15) is 232 Å². The Hall–Kier alpha value is -2.14. The van der Waals surface area contributed by atoms with Gasteiger partial charge in [0, 0.05) is 12.8 Å². The second-order valence-electron chi connectivity index (χ2n) is 15.5. The molecule has 0 radical (unpaired) electrons. The predicted octanol–water partition coefficient (Wildman–Crippen LogP) is 15.0. The van der Waals surface area contributed by atoms with Crippen LogP contribution in [0.4, 0.5) is 0 Å². The molecular formula is C49H88O5. The quantitative estimate of drug-likeness (QED) is 0.0381. The molecule has 1 atom stereocenters. The molecule has 0 spiro atoms. The summed E-state index contributed by atoms with van der Waals surface area (Å²) in [6, 6.07) is 0. The van der Waals surface area contributed by atoms with Gasteiger partial charge in [0.2, 0.25) is 0 Å². The van der Waals surface area contributed by atoms with Crippen LogP contribution in [0, 0.1) is 0 Å². The first-order valence-electron chi connectivity index (χ1n) is 23.2. The number of ether oxygens (including phenoxy) is 2. The van der Waals surface area contributed by atoms with Crippen molar-refractivity contribution in [2.45, 2.75) is 238 Å². The van der Waals surface area contributed by atoms with Crippen molar-refractivity contribution >= 4 is 11.9 Å². The summed E-state index contributed by atoms with van der Waals surface area (Å²) < 4.78 is 10.6. The maximum absolute atomic E-state index is 12.2. The van der Waals surface area contributed by atoms with Crippen molar-refractivity contribution in [1.82, 2.24) is 0 Å². The normalized spacial score (nSPS) is 12.6. The van der Waals surface area contributed by atoms with Gasteiger partial charge in [-0.05, 0) is 77.0 Å². The van der Waals surface area contributed by atoms with Gasteiger partial charge in [-0.15, -0.1) is 0 Å². The molecule has 0 aliphatic heterocycles. The smallest absolute Gasteiger partial charge is 0.306 e. The summed E-state index contributed by atoms with van der Waals surface area (Å²) >= 11 is 0. The zero-order valence-corrected chi connectivity index (χ0v) is 35.7. The Kier molecular flexibility index (Phi) is 43.5. The van der Waals surface area contributed by atoms with Gasteiger partial charge >= 0.3 is 11.9 Å². The van der Waals surface area contributed by atoms with E-state index in [4.69, 9.17) is 9.47 Å². The summed E-state index contributed by atoms with van der Waals surface area (Å²) in [6.07, 6.45) is 57.7. The highest BCUT2D eigenvalue weighted by atomic mass is 16.6. The van der Waals surface area contributed by atoms with Crippen LogP contribution in [0.2, 0.25) is 0 Å². The van der Waals surface area contributed by atoms with Gasteiger partial charge in [-0.2, -0.15) is 0 Å². The predicted molar refractivity (Wildman–Crippen MR) is 233 cm³/mol. The number of hydrogen-bond acceptors (Lipinski definition) is 5. The molecule has 0 unspecified atom stereocenters. The van der Waals surface area contributed by atoms with Crippen LogP contribution in [-0.4, -0.2) is 36.4 Å². The van der Waals surface area contributed by atoms with Gasteiger partial charge < -0.3 is 14.6 Å². The Morgan fingerprint density at radius 1 is 0.426 bits per heavy atom. The van der Waals surface area contributed by atoms with Crippen LogP contribution in [0.5, 0.6) is 0 Å². The van der Waals surface area contributed by atoms with E-state index >= 15 is 0 Å². The second kappa shape index (κ2) is 45.3. The molecule has 0 saturated carbocycles. The van der Waals surface area contributed by atoms with Crippen molar-refractivity contribution in [2.75, 3.05) is 13.2 Å². The summed E-state index contributed by atoms with van der Waals surface area (Å²) in [5.74, 6) is -0.645. The zero-order chi connectivity index (χ0) is 39.3. The molecule has 0 bridgehead atoms. The zero-order valence-electron chi connectivity index (χ0n) is 35.7. The van der Waals surface area contributed by atoms with Gasteiger partial charge in [-0.3, -0.25) is 9.59 Å². The van der Waals surface area contributed by atoms with Crippen LogP contribution in [0.3, 0.4) is 0 Å². The van der Waals surface area contributed by atoms with E-state index in [0.29, 0.717) is 12.8 Å². The van der Waals surface area contributed by atoms with Crippen molar-refractivity contribution in [3.63, 3.8) is 0 Å². The molecule has 0 saturated heterocycles. The second-order valence-corrected chi connectivity index (χ2v) is 15.5. The molecule has 0 aromatic heterocycles. The van der Waals surface area contributed by atoms with E-state index in [-0.39, 0.29) is 25.2 Å². The molecule has 0 aliphatic carbocycles. The Labute approximate surface area is 335 Å². The van der Waals surface area contributed by atoms with Crippen LogP contribution >= 0.6 is 0 Å². The number of aliphatic hydroxyl groups excluding tert-OH is 1. The highest BCUT2D eigenvalue weighted by Crippen LogP contribution is 2.14. The third-order valence-electron chi connectivity index (χ3n) is 10.1. The minimum absolute atomic E-state index is 0.0897. The molecule has 0 rings (SSSR count). The molecule has 0 amide bonds. The SMILES string of the molecule is CCCCC/C=C/C/C=C/CCCCCCCCCC(=O)O[C@@H](CO)COC(=O)CCC/C=C/CC/C=C/CCCCCCCCCCCCCCCC. The fourth-order valence-corrected chi connectivity index (χ4v) is 6.55. The fraction of sp³-hybridized carbons (Fsp3) is 0.796. The average molecular weight is 757 g/mol. The van der Waals surface area contributed by atoms with Gasteiger partial charge in [-0.1, -0.05) is 191 Å². The molecule has 5 heteroatoms. The highest BCUT2D eigenvalue weighted by Gasteiger charge is 2.16. The molecule has 0 fully saturated rings. The molecular weight excluding hydrogens is 669 g/mol. The lowest BCUT2D eigenvalue weighted by atomic mass is 10.0. The number of allylic oxidation sites excluding steroid dienone is 8. The minimum atomic E-state index is -0.792. The van der Waals surface area contributed by atoms with E-state index < -0.39 is 6.10 Å². The summed E-state index contributed by atoms with van der Waals surface area (Å²) in [7, 11) is 0. The average Bonchev–Trinajstić information content (AvgIpc) is 3.17. The number of carbonyl (C=O) groups excluding carboxylic acids is 2. The maximum atomic E-state index is 12.2. The summed E-state index contributed by atoms with van der Waals surface area (Å²) in [4.78, 5) is 24.3. The Bertz CT molecular complexity index is 904. The summed E-state index contributed by atoms with van der Waals surface area (Å²) in [5, 5.41) is 9.58. The number of hydrogen-bond donors (Lipinski definition) is 1. The largest absolute Gasteiger partial charge is 0.462 e. The van der Waals surface area contributed by atoms with Crippen molar-refractivity contribution < 1.29 is 24.2 Å². The molecule has 0 aromatic carbocycles. The van der Waals surface area contributed by atoms with Crippen LogP contribution < -0.4 is 0 Å². The molecule has 1 N–H and O–H groups in total. The first-order chi connectivity index (χ1) is 26.6. The Morgan fingerprint density at radius 3 is 1.26 bits per heavy atom. The number of rotatable bonds is 42. The number of esters is 2. The van der Waals surface area contributed by atoms with Crippen molar-refractivity contribution in [2.24, 2.45) is 0 Å². The highest BCUT2D eigenvalue weighted by molar-refractivity contribution is 5.70. The lowest BCUT2D eigenvalue weighted by molar-refractivity contribution is -0.161. The Morgan fingerprint density at radius 2 is 0.778 bits per heavy atom. The van der Waals surface area contributed by atoms with Gasteiger partial charge in [0.1, 0.15) is 6.61 Å². The maximum Gasteiger partial charge on any atom is 0.306 e. The van der Waals surface area contributed by atoms with Crippen molar-refractivity contribution in [3.8, 4) is 0 Å². The number of aliphatic hydroxyl groups is 1. The molecule has 0 heterocycles. The number of unbranched alkanes of at least 4 members (excludes halogenated alkanes) is 26. The molecule has 314 valence electrons. The standard InChI is InChI=1S/C49H88O5/c1-3-5-7-9-11-13-15-17-19-21-22-23-24-25-26-28-29-31-33-35-37-39-41-43-48(51)53-46-47(45-50)54-49(52)44-42-40-38-36-34-32-30-27-20-18-16-14-12-10-8-6-4-2/h12,14,18,20,28-29,35,37,47,50H,3-11,13,15-17,19,21-27,30-34,36,38-46H2,1-2H3/b14-12+,20-18+,29-28+,37-35+/t47-/m0/s1. The minimum Gasteiger partial charge on any atom is -0.462 e. The lowest BCUT2D eigenvalue weighted by Gasteiger charge is -2.15. The van der Waals surface area contributed by atoms with Gasteiger partial charge in [-0.25, -0.2) is 0 Å². The number of carbonyl (C=O) groups is 2. The van der Waals surface area contributed by atoms with Crippen LogP contribution in [0.15, 0.2) is 48.6 Å². The van der Waals surface area contributed by atoms with E-state index in [2.05, 4.69) is 62.5 Å². The van der Waals surface area contributed by atoms with E-state index in [9.17, 15) is 14.7 Å². The van der Waals surface area contributed by atoms with Gasteiger partial charge in [0.15, 0.2) is 6.10 Å². The molecule has 0 aliphatic rings. The molecule has 0 aromatic rings. The van der Waals surface area contributed by atoms with Crippen molar-refractivity contribution in [3.05, 3.63) is 48.6 Å². The lowest BCUT2D eigenvalue weighted by Crippen LogP contribution is -2.28. The third-order valence-corrected chi connectivity index (χ3v) is 10.1. The van der Waals surface area contributed by atoms with E-state index in [1.54, 1.807) is 0 Å². The first-order valence-corrected chi connectivity index (χ1v) is 23.2. The van der Waals surface area contributed by atoms with Gasteiger partial charge in [0.25, 0.3) is 0 Å². The molecule has 5 nitrogen and oxygen atoms in total.